The highest BCUT2D eigenvalue weighted by Gasteiger charge is 2.27. The highest BCUT2D eigenvalue weighted by Crippen LogP contribution is 2.22. The van der Waals surface area contributed by atoms with Crippen LogP contribution in [-0.4, -0.2) is 40.1 Å². The summed E-state index contributed by atoms with van der Waals surface area (Å²) in [7, 11) is 0. The highest BCUT2D eigenvalue weighted by molar-refractivity contribution is 5.95. The number of aliphatic hydroxyl groups is 1. The summed E-state index contributed by atoms with van der Waals surface area (Å²) in [6.45, 7) is 2.95. The van der Waals surface area contributed by atoms with Gasteiger partial charge in [0.15, 0.2) is 0 Å². The van der Waals surface area contributed by atoms with E-state index in [2.05, 4.69) is 23.7 Å². The first-order valence-electron chi connectivity index (χ1n) is 7.63. The molecule has 1 saturated heterocycles. The van der Waals surface area contributed by atoms with Crippen molar-refractivity contribution in [3.63, 3.8) is 0 Å². The molecule has 1 aliphatic heterocycles. The lowest BCUT2D eigenvalue weighted by Gasteiger charge is -2.35. The van der Waals surface area contributed by atoms with Crippen molar-refractivity contribution in [1.29, 1.82) is 0 Å². The Bertz CT molecular complexity index is 545. The minimum Gasteiger partial charge on any atom is -0.395 e. The first-order valence-corrected chi connectivity index (χ1v) is 7.63. The molecular weight excluding hydrogens is 264 g/mol. The zero-order valence-electron chi connectivity index (χ0n) is 12.5. The van der Waals surface area contributed by atoms with Crippen LogP contribution in [-0.2, 0) is 0 Å². The number of carbonyl (C=O) groups excluding carboxylic acids is 1. The zero-order chi connectivity index (χ0) is 15.1. The molecule has 2 heterocycles. The van der Waals surface area contributed by atoms with Crippen molar-refractivity contribution >= 4 is 5.91 Å². The normalized spacial score (nSPS) is 18.0. The molecule has 1 aromatic heterocycles. The van der Waals surface area contributed by atoms with Crippen molar-refractivity contribution in [1.82, 2.24) is 9.88 Å². The minimum atomic E-state index is -0.0181. The first-order chi connectivity index (χ1) is 10.3. The number of piperidine rings is 1. The van der Waals surface area contributed by atoms with Crippen molar-refractivity contribution in [3.05, 3.63) is 29.6 Å². The van der Waals surface area contributed by atoms with E-state index >= 15 is 0 Å². The van der Waals surface area contributed by atoms with Gasteiger partial charge >= 0.3 is 0 Å². The molecule has 2 rings (SSSR count). The molecule has 1 N–H and O–H groups in total. The van der Waals surface area contributed by atoms with Crippen LogP contribution < -0.4 is 0 Å². The van der Waals surface area contributed by atoms with Crippen molar-refractivity contribution in [3.8, 4) is 11.8 Å². The van der Waals surface area contributed by atoms with Crippen LogP contribution >= 0.6 is 0 Å². The zero-order valence-corrected chi connectivity index (χ0v) is 12.5. The van der Waals surface area contributed by atoms with Crippen molar-refractivity contribution < 1.29 is 9.90 Å². The van der Waals surface area contributed by atoms with Crippen molar-refractivity contribution in [2.45, 2.75) is 45.1 Å². The van der Waals surface area contributed by atoms with Crippen LogP contribution in [0.25, 0.3) is 0 Å². The molecule has 0 aromatic carbocycles. The Hall–Kier alpha value is -1.86. The van der Waals surface area contributed by atoms with Gasteiger partial charge in [0.05, 0.1) is 12.2 Å². The molecular formula is C17H22N2O2. The van der Waals surface area contributed by atoms with E-state index in [1.165, 1.54) is 6.42 Å². The number of rotatable bonds is 3. The average Bonchev–Trinajstić information content (AvgIpc) is 2.55. The first kappa shape index (κ1) is 15.5. The van der Waals surface area contributed by atoms with Crippen LogP contribution in [0.3, 0.4) is 0 Å². The Morgan fingerprint density at radius 1 is 1.52 bits per heavy atom. The predicted molar refractivity (Wildman–Crippen MR) is 81.8 cm³/mol. The van der Waals surface area contributed by atoms with E-state index in [1.54, 1.807) is 12.3 Å². The Labute approximate surface area is 126 Å². The van der Waals surface area contributed by atoms with Gasteiger partial charge < -0.3 is 10.0 Å². The van der Waals surface area contributed by atoms with Crippen molar-refractivity contribution in [2.24, 2.45) is 0 Å². The van der Waals surface area contributed by atoms with Gasteiger partial charge in [-0.25, -0.2) is 4.98 Å². The van der Waals surface area contributed by atoms with E-state index < -0.39 is 0 Å². The standard InChI is InChI=1S/C17H22N2O2/c1-2-15-10-3-5-12-19(15)17(21)16-14(8-4-6-13-20)9-7-11-18-16/h7,9,11,15,20H,2-3,5-6,10,12-13H2,1H3. The number of amides is 1. The van der Waals surface area contributed by atoms with Gasteiger partial charge in [-0.15, -0.1) is 0 Å². The van der Waals surface area contributed by atoms with E-state index in [9.17, 15) is 4.79 Å². The van der Waals surface area contributed by atoms with Crippen LogP contribution in [0.15, 0.2) is 18.3 Å². The number of hydrogen-bond donors (Lipinski definition) is 1. The highest BCUT2D eigenvalue weighted by atomic mass is 16.2. The Morgan fingerprint density at radius 2 is 2.38 bits per heavy atom. The summed E-state index contributed by atoms with van der Waals surface area (Å²) in [5.41, 5.74) is 1.08. The van der Waals surface area contributed by atoms with Crippen LogP contribution in [0.1, 0.15) is 55.1 Å². The number of aliphatic hydroxyl groups excluding tert-OH is 1. The van der Waals surface area contributed by atoms with Gasteiger partial charge in [0.25, 0.3) is 5.91 Å². The largest absolute Gasteiger partial charge is 0.395 e. The maximum absolute atomic E-state index is 12.8. The van der Waals surface area contributed by atoms with Crippen LogP contribution in [0, 0.1) is 11.8 Å². The maximum atomic E-state index is 12.8. The van der Waals surface area contributed by atoms with E-state index in [0.717, 1.165) is 25.8 Å². The fourth-order valence-corrected chi connectivity index (χ4v) is 2.72. The second-order valence-electron chi connectivity index (χ2n) is 5.23. The molecule has 0 saturated carbocycles. The molecule has 1 unspecified atom stereocenters. The topological polar surface area (TPSA) is 53.4 Å². The summed E-state index contributed by atoms with van der Waals surface area (Å²) >= 11 is 0. The van der Waals surface area contributed by atoms with E-state index in [1.807, 2.05) is 11.0 Å². The van der Waals surface area contributed by atoms with Gasteiger partial charge in [0.2, 0.25) is 0 Å². The monoisotopic (exact) mass is 286 g/mol. The van der Waals surface area contributed by atoms with E-state index in [0.29, 0.717) is 23.7 Å². The molecule has 1 aliphatic rings. The number of likely N-dealkylation sites (tertiary alicyclic amines) is 1. The molecule has 0 bridgehead atoms. The summed E-state index contributed by atoms with van der Waals surface area (Å²) in [5.74, 6) is 5.79. The average molecular weight is 286 g/mol. The van der Waals surface area contributed by atoms with Crippen LogP contribution in [0.2, 0.25) is 0 Å². The molecule has 112 valence electrons. The summed E-state index contributed by atoms with van der Waals surface area (Å²) in [4.78, 5) is 19.0. The van der Waals surface area contributed by atoms with E-state index in [-0.39, 0.29) is 12.5 Å². The quantitative estimate of drug-likeness (QED) is 0.867. The second-order valence-corrected chi connectivity index (χ2v) is 5.23. The SMILES string of the molecule is CCC1CCCCN1C(=O)c1ncccc1C#CCCO. The Kier molecular flexibility index (Phi) is 5.77. The fraction of sp³-hybridized carbons (Fsp3) is 0.529. The van der Waals surface area contributed by atoms with Gasteiger partial charge in [-0.2, -0.15) is 0 Å². The molecule has 4 heteroatoms. The predicted octanol–water partition coefficient (Wildman–Crippen LogP) is 2.22. The van der Waals surface area contributed by atoms with Crippen LogP contribution in [0.4, 0.5) is 0 Å². The molecule has 0 radical (unpaired) electrons. The van der Waals surface area contributed by atoms with Gasteiger partial charge in [-0.05, 0) is 37.8 Å². The second kappa shape index (κ2) is 7.80. The summed E-state index contributed by atoms with van der Waals surface area (Å²) in [5, 5.41) is 8.80. The summed E-state index contributed by atoms with van der Waals surface area (Å²) in [6, 6.07) is 3.91. The molecule has 1 fully saturated rings. The molecule has 0 spiro atoms. The summed E-state index contributed by atoms with van der Waals surface area (Å²) in [6.07, 6.45) is 6.33. The smallest absolute Gasteiger partial charge is 0.273 e. The lowest BCUT2D eigenvalue weighted by Crippen LogP contribution is -2.43. The van der Waals surface area contributed by atoms with Gasteiger partial charge in [0.1, 0.15) is 5.69 Å². The lowest BCUT2D eigenvalue weighted by molar-refractivity contribution is 0.0601. The molecule has 1 amide bonds. The number of pyridine rings is 1. The molecule has 21 heavy (non-hydrogen) atoms. The third-order valence-electron chi connectivity index (χ3n) is 3.83. The molecule has 1 aromatic rings. The third-order valence-corrected chi connectivity index (χ3v) is 3.83. The molecule has 4 nitrogen and oxygen atoms in total. The lowest BCUT2D eigenvalue weighted by atomic mass is 9.99. The van der Waals surface area contributed by atoms with Gasteiger partial charge in [-0.1, -0.05) is 18.8 Å². The van der Waals surface area contributed by atoms with E-state index in [4.69, 9.17) is 5.11 Å². The Morgan fingerprint density at radius 3 is 3.14 bits per heavy atom. The Balaban J connectivity index is 2.24. The fourth-order valence-electron chi connectivity index (χ4n) is 2.72. The third kappa shape index (κ3) is 3.83. The number of hydrogen-bond acceptors (Lipinski definition) is 3. The summed E-state index contributed by atoms with van der Waals surface area (Å²) < 4.78 is 0. The van der Waals surface area contributed by atoms with Gasteiger partial charge in [-0.3, -0.25) is 4.79 Å². The van der Waals surface area contributed by atoms with Crippen molar-refractivity contribution in [2.75, 3.05) is 13.2 Å². The maximum Gasteiger partial charge on any atom is 0.273 e. The number of carbonyl (C=O) groups is 1. The minimum absolute atomic E-state index is 0.0181. The van der Waals surface area contributed by atoms with Gasteiger partial charge in [0, 0.05) is 25.2 Å². The molecule has 1 atom stereocenters. The van der Waals surface area contributed by atoms with Crippen LogP contribution in [0.5, 0.6) is 0 Å². The number of nitrogens with zero attached hydrogens (tertiary/aromatic N) is 2. The molecule has 0 aliphatic carbocycles. The number of aromatic nitrogens is 1.